The van der Waals surface area contributed by atoms with Gasteiger partial charge in [0.15, 0.2) is 11.6 Å². The summed E-state index contributed by atoms with van der Waals surface area (Å²) >= 11 is 0. The van der Waals surface area contributed by atoms with Gasteiger partial charge in [0.2, 0.25) is 0 Å². The Morgan fingerprint density at radius 1 is 1.58 bits per heavy atom. The van der Waals surface area contributed by atoms with E-state index in [0.29, 0.717) is 6.42 Å². The summed E-state index contributed by atoms with van der Waals surface area (Å²) < 4.78 is 19.0. The van der Waals surface area contributed by atoms with Crippen molar-refractivity contribution in [3.05, 3.63) is 47.8 Å². The zero-order valence-electron chi connectivity index (χ0n) is 10.3. The van der Waals surface area contributed by atoms with Gasteiger partial charge in [-0.25, -0.2) is 14.2 Å². The topological polar surface area (TPSA) is 75.4 Å². The van der Waals surface area contributed by atoms with Crippen molar-refractivity contribution in [1.29, 1.82) is 0 Å². The van der Waals surface area contributed by atoms with Gasteiger partial charge < -0.3 is 14.8 Å². The molecule has 2 N–H and O–H groups in total. The Bertz CT molecular complexity index is 569. The van der Waals surface area contributed by atoms with Crippen LogP contribution in [0.1, 0.15) is 23.0 Å². The van der Waals surface area contributed by atoms with E-state index in [1.165, 1.54) is 6.20 Å². The van der Waals surface area contributed by atoms with E-state index in [1.807, 2.05) is 13.0 Å². The highest BCUT2D eigenvalue weighted by Gasteiger charge is 2.16. The first-order chi connectivity index (χ1) is 9.08. The van der Waals surface area contributed by atoms with Gasteiger partial charge >= 0.3 is 5.97 Å². The first-order valence-corrected chi connectivity index (χ1v) is 5.74. The molecule has 2 aromatic rings. The van der Waals surface area contributed by atoms with Crippen LogP contribution in [-0.2, 0) is 6.42 Å². The monoisotopic (exact) mass is 264 g/mol. The molecule has 0 aliphatic heterocycles. The molecule has 5 nitrogen and oxygen atoms in total. The Kier molecular flexibility index (Phi) is 3.79. The highest BCUT2D eigenvalue weighted by atomic mass is 19.1. The fourth-order valence-electron chi connectivity index (χ4n) is 1.72. The molecule has 2 rings (SSSR count). The highest BCUT2D eigenvalue weighted by Crippen LogP contribution is 2.17. The second-order valence-electron chi connectivity index (χ2n) is 4.16. The zero-order chi connectivity index (χ0) is 13.8. The molecule has 0 saturated carbocycles. The standard InChI is InChI=1S/C13H13FN2O3/c1-8(7-9-3-2-6-19-9)16-12-11(14)10(13(17)18)4-5-15-12/h2-6,8H,7H2,1H3,(H,15,16)(H,17,18). The number of carbonyl (C=O) groups is 1. The van der Waals surface area contributed by atoms with Gasteiger partial charge in [-0.2, -0.15) is 0 Å². The van der Waals surface area contributed by atoms with Crippen LogP contribution < -0.4 is 5.32 Å². The lowest BCUT2D eigenvalue weighted by Crippen LogP contribution is -2.20. The summed E-state index contributed by atoms with van der Waals surface area (Å²) in [5.74, 6) is -1.49. The Labute approximate surface area is 109 Å². The van der Waals surface area contributed by atoms with E-state index in [0.717, 1.165) is 11.8 Å². The molecule has 2 aromatic heterocycles. The Balaban J connectivity index is 2.10. The first kappa shape index (κ1) is 13.1. The molecular formula is C13H13FN2O3. The van der Waals surface area contributed by atoms with Crippen LogP contribution in [0.25, 0.3) is 0 Å². The summed E-state index contributed by atoms with van der Waals surface area (Å²) in [7, 11) is 0. The van der Waals surface area contributed by atoms with Crippen LogP contribution in [0.4, 0.5) is 10.2 Å². The van der Waals surface area contributed by atoms with Crippen molar-refractivity contribution in [2.24, 2.45) is 0 Å². The molecule has 0 aliphatic rings. The number of carboxylic acid groups (broad SMARTS) is 1. The predicted octanol–water partition coefficient (Wildman–Crippen LogP) is 2.56. The average molecular weight is 264 g/mol. The number of aromatic nitrogens is 1. The SMILES string of the molecule is CC(Cc1ccco1)Nc1nccc(C(=O)O)c1F. The minimum atomic E-state index is -1.32. The largest absolute Gasteiger partial charge is 0.478 e. The highest BCUT2D eigenvalue weighted by molar-refractivity contribution is 5.88. The van der Waals surface area contributed by atoms with Gasteiger partial charge in [-0.15, -0.1) is 0 Å². The van der Waals surface area contributed by atoms with Crippen molar-refractivity contribution in [3.63, 3.8) is 0 Å². The van der Waals surface area contributed by atoms with E-state index in [-0.39, 0.29) is 11.9 Å². The Morgan fingerprint density at radius 3 is 3.00 bits per heavy atom. The summed E-state index contributed by atoms with van der Waals surface area (Å²) in [5, 5.41) is 11.7. The lowest BCUT2D eigenvalue weighted by atomic mass is 10.2. The number of carboxylic acids is 1. The fourth-order valence-corrected chi connectivity index (χ4v) is 1.72. The Morgan fingerprint density at radius 2 is 2.37 bits per heavy atom. The number of aromatic carboxylic acids is 1. The molecule has 0 radical (unpaired) electrons. The maximum absolute atomic E-state index is 13.8. The van der Waals surface area contributed by atoms with Crippen molar-refractivity contribution in [2.45, 2.75) is 19.4 Å². The minimum Gasteiger partial charge on any atom is -0.478 e. The normalized spacial score (nSPS) is 12.1. The second-order valence-corrected chi connectivity index (χ2v) is 4.16. The molecule has 100 valence electrons. The predicted molar refractivity (Wildman–Crippen MR) is 66.7 cm³/mol. The van der Waals surface area contributed by atoms with Crippen molar-refractivity contribution < 1.29 is 18.7 Å². The van der Waals surface area contributed by atoms with Crippen molar-refractivity contribution in [2.75, 3.05) is 5.32 Å². The van der Waals surface area contributed by atoms with Crippen LogP contribution in [0.15, 0.2) is 35.1 Å². The van der Waals surface area contributed by atoms with Crippen molar-refractivity contribution >= 4 is 11.8 Å². The molecular weight excluding hydrogens is 251 g/mol. The summed E-state index contributed by atoms with van der Waals surface area (Å²) in [5.41, 5.74) is -0.400. The summed E-state index contributed by atoms with van der Waals surface area (Å²) in [6.45, 7) is 1.83. The van der Waals surface area contributed by atoms with Gasteiger partial charge in [-0.3, -0.25) is 0 Å². The summed E-state index contributed by atoms with van der Waals surface area (Å²) in [6.07, 6.45) is 3.37. The number of halogens is 1. The number of rotatable bonds is 5. The lowest BCUT2D eigenvalue weighted by molar-refractivity contribution is 0.0692. The molecule has 0 bridgehead atoms. The maximum Gasteiger partial charge on any atom is 0.338 e. The first-order valence-electron chi connectivity index (χ1n) is 5.74. The van der Waals surface area contributed by atoms with Crippen LogP contribution in [0, 0.1) is 5.82 Å². The average Bonchev–Trinajstić information content (AvgIpc) is 2.84. The van der Waals surface area contributed by atoms with Gasteiger partial charge in [-0.05, 0) is 25.1 Å². The number of anilines is 1. The molecule has 0 aliphatic carbocycles. The number of nitrogens with zero attached hydrogens (tertiary/aromatic N) is 1. The number of hydrogen-bond donors (Lipinski definition) is 2. The van der Waals surface area contributed by atoms with Crippen molar-refractivity contribution in [1.82, 2.24) is 4.98 Å². The van der Waals surface area contributed by atoms with Crippen LogP contribution >= 0.6 is 0 Å². The third-order valence-corrected chi connectivity index (χ3v) is 2.59. The smallest absolute Gasteiger partial charge is 0.338 e. The summed E-state index contributed by atoms with van der Waals surface area (Å²) in [6, 6.07) is 4.57. The van der Waals surface area contributed by atoms with Crippen molar-refractivity contribution in [3.8, 4) is 0 Å². The Hall–Kier alpha value is -2.37. The van der Waals surface area contributed by atoms with Gasteiger partial charge in [-0.1, -0.05) is 0 Å². The van der Waals surface area contributed by atoms with E-state index in [1.54, 1.807) is 12.3 Å². The van der Waals surface area contributed by atoms with Crippen LogP contribution in [0.3, 0.4) is 0 Å². The van der Waals surface area contributed by atoms with Crippen LogP contribution in [0.2, 0.25) is 0 Å². The molecule has 0 spiro atoms. The van der Waals surface area contributed by atoms with Gasteiger partial charge in [0.05, 0.1) is 6.26 Å². The molecule has 1 unspecified atom stereocenters. The lowest BCUT2D eigenvalue weighted by Gasteiger charge is -2.14. The van der Waals surface area contributed by atoms with E-state index in [9.17, 15) is 9.18 Å². The molecule has 1 atom stereocenters. The maximum atomic E-state index is 13.8. The minimum absolute atomic E-state index is 0.0704. The number of furan rings is 1. The second kappa shape index (κ2) is 5.51. The van der Waals surface area contributed by atoms with Gasteiger partial charge in [0.1, 0.15) is 11.3 Å². The third kappa shape index (κ3) is 3.09. The molecule has 19 heavy (non-hydrogen) atoms. The van der Waals surface area contributed by atoms with Crippen LogP contribution in [-0.4, -0.2) is 22.1 Å². The molecule has 0 fully saturated rings. The molecule has 2 heterocycles. The van der Waals surface area contributed by atoms with E-state index in [4.69, 9.17) is 9.52 Å². The van der Waals surface area contributed by atoms with Crippen LogP contribution in [0.5, 0.6) is 0 Å². The molecule has 0 amide bonds. The number of nitrogens with one attached hydrogen (secondary N) is 1. The third-order valence-electron chi connectivity index (χ3n) is 2.59. The zero-order valence-corrected chi connectivity index (χ0v) is 10.3. The van der Waals surface area contributed by atoms with Gasteiger partial charge in [0, 0.05) is 18.7 Å². The van der Waals surface area contributed by atoms with Gasteiger partial charge in [0.25, 0.3) is 0 Å². The molecule has 6 heteroatoms. The number of pyridine rings is 1. The fraction of sp³-hybridized carbons (Fsp3) is 0.231. The summed E-state index contributed by atoms with van der Waals surface area (Å²) in [4.78, 5) is 14.6. The van der Waals surface area contributed by atoms with E-state index in [2.05, 4.69) is 10.3 Å². The van der Waals surface area contributed by atoms with E-state index < -0.39 is 17.3 Å². The molecule has 0 aromatic carbocycles. The number of hydrogen-bond acceptors (Lipinski definition) is 4. The van der Waals surface area contributed by atoms with E-state index >= 15 is 0 Å². The molecule has 0 saturated heterocycles. The quantitative estimate of drug-likeness (QED) is 0.868.